The molecular weight excluding hydrogens is 453 g/mol. The Kier molecular flexibility index (Phi) is 4.19. The largest absolute Gasteiger partial charge is 0.495 e. The van der Waals surface area contributed by atoms with E-state index >= 15 is 0 Å². The van der Waals surface area contributed by atoms with Crippen LogP contribution in [-0.4, -0.2) is 42.3 Å². The van der Waals surface area contributed by atoms with Gasteiger partial charge in [-0.25, -0.2) is 4.90 Å². The van der Waals surface area contributed by atoms with Crippen molar-refractivity contribution in [1.29, 1.82) is 0 Å². The van der Waals surface area contributed by atoms with Crippen molar-refractivity contribution in [2.45, 2.75) is 24.4 Å². The van der Waals surface area contributed by atoms with Crippen LogP contribution in [0.25, 0.3) is 0 Å². The molecule has 0 bridgehead atoms. The summed E-state index contributed by atoms with van der Waals surface area (Å²) in [5, 5.41) is 3.79. The molecule has 32 heavy (non-hydrogen) atoms. The lowest BCUT2D eigenvalue weighted by Crippen LogP contribution is -2.54. The first-order chi connectivity index (χ1) is 15.4. The van der Waals surface area contributed by atoms with Crippen molar-refractivity contribution in [2.75, 3.05) is 23.9 Å². The number of benzene rings is 2. The Bertz CT molecular complexity index is 1220. The SMILES string of the molecule is COc1ccc(Cl)cc1N1C(=O)[C@H]2[C@@H](C1=O)[C@@]1(C(=O)Nc3ccc(Cl)cc31)N1CCC[C@@H]21. The van der Waals surface area contributed by atoms with Crippen molar-refractivity contribution in [3.63, 3.8) is 0 Å². The minimum atomic E-state index is -1.26. The van der Waals surface area contributed by atoms with E-state index in [2.05, 4.69) is 10.2 Å². The molecule has 2 aromatic rings. The molecule has 3 saturated heterocycles. The maximum atomic E-state index is 14.0. The van der Waals surface area contributed by atoms with Gasteiger partial charge in [-0.15, -0.1) is 0 Å². The monoisotopic (exact) mass is 471 g/mol. The fourth-order valence-corrected chi connectivity index (χ4v) is 6.59. The van der Waals surface area contributed by atoms with Crippen LogP contribution >= 0.6 is 23.2 Å². The molecule has 4 aliphatic rings. The van der Waals surface area contributed by atoms with Gasteiger partial charge >= 0.3 is 0 Å². The lowest BCUT2D eigenvalue weighted by atomic mass is 9.75. The molecule has 0 aromatic heterocycles. The number of halogens is 2. The molecule has 0 unspecified atom stereocenters. The van der Waals surface area contributed by atoms with Gasteiger partial charge in [-0.2, -0.15) is 0 Å². The second kappa shape index (κ2) is 6.70. The zero-order chi connectivity index (χ0) is 22.4. The molecule has 1 spiro atoms. The van der Waals surface area contributed by atoms with Crippen LogP contribution in [0.15, 0.2) is 36.4 Å². The minimum absolute atomic E-state index is 0.206. The number of nitrogens with zero attached hydrogens (tertiary/aromatic N) is 2. The Labute approximate surface area is 194 Å². The van der Waals surface area contributed by atoms with Crippen LogP contribution in [0.5, 0.6) is 5.75 Å². The molecule has 164 valence electrons. The van der Waals surface area contributed by atoms with E-state index in [1.54, 1.807) is 36.4 Å². The molecule has 6 rings (SSSR count). The van der Waals surface area contributed by atoms with E-state index in [4.69, 9.17) is 27.9 Å². The summed E-state index contributed by atoms with van der Waals surface area (Å²) < 4.78 is 5.42. The first-order valence-corrected chi connectivity index (χ1v) is 11.2. The molecule has 3 fully saturated rings. The molecule has 1 N–H and O–H groups in total. The number of carbonyl (C=O) groups is 3. The van der Waals surface area contributed by atoms with E-state index in [1.165, 1.54) is 7.11 Å². The fraction of sp³-hybridized carbons (Fsp3) is 0.348. The molecule has 9 heteroatoms. The van der Waals surface area contributed by atoms with Gasteiger partial charge in [-0.1, -0.05) is 23.2 Å². The summed E-state index contributed by atoms with van der Waals surface area (Å²) in [6, 6.07) is 9.81. The molecule has 0 radical (unpaired) electrons. The zero-order valence-electron chi connectivity index (χ0n) is 17.1. The number of methoxy groups -OCH3 is 1. The molecule has 4 heterocycles. The van der Waals surface area contributed by atoms with Crippen LogP contribution in [0.3, 0.4) is 0 Å². The summed E-state index contributed by atoms with van der Waals surface area (Å²) in [6.45, 7) is 0.637. The van der Waals surface area contributed by atoms with Gasteiger partial charge in [0.2, 0.25) is 17.7 Å². The number of hydrogen-bond donors (Lipinski definition) is 1. The van der Waals surface area contributed by atoms with Gasteiger partial charge in [-0.3, -0.25) is 19.3 Å². The Morgan fingerprint density at radius 1 is 1.06 bits per heavy atom. The van der Waals surface area contributed by atoms with E-state index in [9.17, 15) is 14.4 Å². The van der Waals surface area contributed by atoms with E-state index in [-0.39, 0.29) is 17.9 Å². The van der Waals surface area contributed by atoms with Gasteiger partial charge in [0.15, 0.2) is 0 Å². The van der Waals surface area contributed by atoms with E-state index < -0.39 is 23.3 Å². The van der Waals surface area contributed by atoms with Crippen LogP contribution in [0.1, 0.15) is 18.4 Å². The highest BCUT2D eigenvalue weighted by Gasteiger charge is 2.74. The fourth-order valence-electron chi connectivity index (χ4n) is 6.25. The van der Waals surface area contributed by atoms with Gasteiger partial charge in [0.05, 0.1) is 24.6 Å². The number of fused-ring (bicyclic) bond motifs is 7. The number of imide groups is 1. The normalized spacial score (nSPS) is 30.7. The topological polar surface area (TPSA) is 78.9 Å². The predicted molar refractivity (Wildman–Crippen MR) is 119 cm³/mol. The third-order valence-corrected chi connectivity index (χ3v) is 7.81. The third kappa shape index (κ3) is 2.28. The molecular formula is C23H19Cl2N3O4. The number of amides is 3. The summed E-state index contributed by atoms with van der Waals surface area (Å²) in [4.78, 5) is 44.6. The Balaban J connectivity index is 1.57. The molecule has 3 amide bonds. The Hall–Kier alpha value is -2.61. The van der Waals surface area contributed by atoms with Crippen molar-refractivity contribution in [3.05, 3.63) is 52.0 Å². The second-order valence-corrected chi connectivity index (χ2v) is 9.52. The highest BCUT2D eigenvalue weighted by molar-refractivity contribution is 6.32. The highest BCUT2D eigenvalue weighted by atomic mass is 35.5. The quantitative estimate of drug-likeness (QED) is 0.678. The highest BCUT2D eigenvalue weighted by Crippen LogP contribution is 2.61. The summed E-state index contributed by atoms with van der Waals surface area (Å²) in [5.41, 5.74) is 0.327. The third-order valence-electron chi connectivity index (χ3n) is 7.34. The average Bonchev–Trinajstić information content (AvgIpc) is 3.46. The molecule has 0 aliphatic carbocycles. The van der Waals surface area contributed by atoms with Crippen LogP contribution in [-0.2, 0) is 19.9 Å². The summed E-state index contributed by atoms with van der Waals surface area (Å²) in [7, 11) is 1.47. The number of carbonyl (C=O) groups excluding carboxylic acids is 3. The standard InChI is InChI=1S/C23H19Cl2N3O4/c1-32-17-7-5-12(25)10-16(17)28-20(29)18-15-3-2-8-27(15)23(19(18)21(28)30)13-9-11(24)4-6-14(13)26-22(23)31/h4-7,9-10,15,18-19H,2-3,8H2,1H3,(H,26,31)/t15-,18+,19-,23-/m0/s1. The lowest BCUT2D eigenvalue weighted by Gasteiger charge is -2.36. The summed E-state index contributed by atoms with van der Waals surface area (Å²) >= 11 is 12.5. The van der Waals surface area contributed by atoms with E-state index in [0.29, 0.717) is 39.3 Å². The predicted octanol–water partition coefficient (Wildman–Crippen LogP) is 3.43. The molecule has 2 aromatic carbocycles. The van der Waals surface area contributed by atoms with Gasteiger partial charge in [0.1, 0.15) is 11.3 Å². The van der Waals surface area contributed by atoms with Gasteiger partial charge in [-0.05, 0) is 55.8 Å². The van der Waals surface area contributed by atoms with E-state index in [1.807, 2.05) is 0 Å². The van der Waals surface area contributed by atoms with Crippen LogP contribution in [0.4, 0.5) is 11.4 Å². The summed E-state index contributed by atoms with van der Waals surface area (Å²) in [5.74, 6) is -2.15. The number of nitrogens with one attached hydrogen (secondary N) is 1. The smallest absolute Gasteiger partial charge is 0.250 e. The first-order valence-electron chi connectivity index (χ1n) is 10.5. The Morgan fingerprint density at radius 2 is 1.81 bits per heavy atom. The van der Waals surface area contributed by atoms with Crippen molar-refractivity contribution >= 4 is 52.3 Å². The first kappa shape index (κ1) is 20.0. The lowest BCUT2D eigenvalue weighted by molar-refractivity contribution is -0.135. The maximum absolute atomic E-state index is 14.0. The Morgan fingerprint density at radius 3 is 2.59 bits per heavy atom. The van der Waals surface area contributed by atoms with Gasteiger partial charge in [0, 0.05) is 27.3 Å². The second-order valence-electron chi connectivity index (χ2n) is 8.64. The van der Waals surface area contributed by atoms with Crippen molar-refractivity contribution in [3.8, 4) is 5.75 Å². The van der Waals surface area contributed by atoms with E-state index in [0.717, 1.165) is 17.7 Å². The maximum Gasteiger partial charge on any atom is 0.250 e. The van der Waals surface area contributed by atoms with Crippen LogP contribution in [0.2, 0.25) is 10.0 Å². The average molecular weight is 472 g/mol. The molecule has 0 saturated carbocycles. The van der Waals surface area contributed by atoms with Gasteiger partial charge in [0.25, 0.3) is 0 Å². The number of anilines is 2. The van der Waals surface area contributed by atoms with Crippen molar-refractivity contribution in [2.24, 2.45) is 11.8 Å². The zero-order valence-corrected chi connectivity index (χ0v) is 18.6. The molecule has 7 nitrogen and oxygen atoms in total. The number of hydrogen-bond acceptors (Lipinski definition) is 5. The number of ether oxygens (including phenoxy) is 1. The van der Waals surface area contributed by atoms with Crippen molar-refractivity contribution in [1.82, 2.24) is 4.90 Å². The van der Waals surface area contributed by atoms with Gasteiger partial charge < -0.3 is 10.1 Å². The minimum Gasteiger partial charge on any atom is -0.495 e. The molecule has 4 atom stereocenters. The number of rotatable bonds is 2. The van der Waals surface area contributed by atoms with Crippen molar-refractivity contribution < 1.29 is 19.1 Å². The summed E-state index contributed by atoms with van der Waals surface area (Å²) in [6.07, 6.45) is 1.59. The van der Waals surface area contributed by atoms with Crippen LogP contribution in [0, 0.1) is 11.8 Å². The molecule has 4 aliphatic heterocycles. The van der Waals surface area contributed by atoms with Crippen LogP contribution < -0.4 is 15.0 Å².